The van der Waals surface area contributed by atoms with E-state index in [1.165, 1.54) is 3.97 Å². The zero-order valence-corrected chi connectivity index (χ0v) is 16.1. The van der Waals surface area contributed by atoms with E-state index in [2.05, 4.69) is 0 Å². The lowest BCUT2D eigenvalue weighted by atomic mass is 10.1. The van der Waals surface area contributed by atoms with E-state index in [0.29, 0.717) is 35.2 Å². The van der Waals surface area contributed by atoms with Gasteiger partial charge in [-0.3, -0.25) is 4.79 Å². The first-order chi connectivity index (χ1) is 13.5. The van der Waals surface area contributed by atoms with Gasteiger partial charge in [0.05, 0.1) is 10.6 Å². The van der Waals surface area contributed by atoms with Crippen LogP contribution in [0, 0.1) is 0 Å². The van der Waals surface area contributed by atoms with E-state index in [-0.39, 0.29) is 10.7 Å². The third-order valence-electron chi connectivity index (χ3n) is 5.42. The second-order valence-corrected chi connectivity index (χ2v) is 8.82. The van der Waals surface area contributed by atoms with E-state index < -0.39 is 10.0 Å². The number of hydrogen-bond donors (Lipinski definition) is 0. The first-order valence-electron chi connectivity index (χ1n) is 9.11. The van der Waals surface area contributed by atoms with Gasteiger partial charge in [0.1, 0.15) is 0 Å². The minimum absolute atomic E-state index is 0.000879. The Morgan fingerprint density at radius 1 is 0.929 bits per heavy atom. The number of fused-ring (bicyclic) bond motifs is 2. The van der Waals surface area contributed by atoms with Gasteiger partial charge in [0, 0.05) is 41.8 Å². The van der Waals surface area contributed by atoms with Crippen LogP contribution in [0.25, 0.3) is 22.2 Å². The van der Waals surface area contributed by atoms with Crippen molar-refractivity contribution >= 4 is 26.7 Å². The summed E-state index contributed by atoms with van der Waals surface area (Å²) in [5, 5.41) is 0.677. The monoisotopic (exact) mass is 390 g/mol. The molecule has 0 radical (unpaired) electrons. The average Bonchev–Trinajstić information content (AvgIpc) is 3.37. The van der Waals surface area contributed by atoms with Gasteiger partial charge in [0.25, 0.3) is 10.0 Å². The summed E-state index contributed by atoms with van der Waals surface area (Å²) in [6.07, 6.45) is 2.64. The van der Waals surface area contributed by atoms with E-state index in [0.717, 1.165) is 11.1 Å². The zero-order valence-electron chi connectivity index (χ0n) is 15.3. The van der Waals surface area contributed by atoms with E-state index in [1.807, 2.05) is 60.3 Å². The van der Waals surface area contributed by atoms with Crippen LogP contribution in [0.5, 0.6) is 0 Å². The Morgan fingerprint density at radius 2 is 1.71 bits per heavy atom. The van der Waals surface area contributed by atoms with Crippen molar-refractivity contribution in [2.75, 3.05) is 0 Å². The van der Waals surface area contributed by atoms with E-state index in [4.69, 9.17) is 0 Å². The number of rotatable bonds is 3. The number of nitrogens with zero attached hydrogens (tertiary/aromatic N) is 2. The quantitative estimate of drug-likeness (QED) is 0.531. The molecule has 2 aromatic carbocycles. The molecule has 1 aliphatic carbocycles. The van der Waals surface area contributed by atoms with Crippen molar-refractivity contribution in [3.05, 3.63) is 78.1 Å². The number of aromatic nitrogens is 2. The third kappa shape index (κ3) is 2.31. The maximum atomic E-state index is 13.8. The van der Waals surface area contributed by atoms with Crippen LogP contribution in [0.4, 0.5) is 0 Å². The maximum Gasteiger partial charge on any atom is 0.269 e. The van der Waals surface area contributed by atoms with Crippen LogP contribution in [0.3, 0.4) is 0 Å². The van der Waals surface area contributed by atoms with Crippen molar-refractivity contribution in [1.29, 1.82) is 0 Å². The Morgan fingerprint density at radius 3 is 2.50 bits per heavy atom. The molecule has 140 valence electrons. The minimum atomic E-state index is -3.89. The Bertz CT molecular complexity index is 1350. The summed E-state index contributed by atoms with van der Waals surface area (Å²) < 4.78 is 30.9. The molecule has 0 spiro atoms. The van der Waals surface area contributed by atoms with E-state index in [9.17, 15) is 13.2 Å². The fraction of sp³-hybridized carbons (Fsp3) is 0.136. The van der Waals surface area contributed by atoms with Crippen molar-refractivity contribution in [2.45, 2.75) is 17.7 Å². The van der Waals surface area contributed by atoms with Gasteiger partial charge in [-0.1, -0.05) is 36.4 Å². The van der Waals surface area contributed by atoms with E-state index in [1.54, 1.807) is 18.2 Å². The standard InChI is InChI=1S/C22H18N2O3S/c1-23-13-12-16-18(23)8-5-9-22(16)28(26,27)24-19-10-11-21(25)17(19)14-20(24)15-6-3-2-4-7-15/h2-9,12-14H,10-11H2,1H3. The van der Waals surface area contributed by atoms with Crippen molar-refractivity contribution < 1.29 is 13.2 Å². The van der Waals surface area contributed by atoms with Gasteiger partial charge in [-0.2, -0.15) is 0 Å². The lowest BCUT2D eigenvalue weighted by Crippen LogP contribution is -2.17. The summed E-state index contributed by atoms with van der Waals surface area (Å²) in [7, 11) is -2.00. The second kappa shape index (κ2) is 5.94. The molecule has 0 aliphatic heterocycles. The van der Waals surface area contributed by atoms with Crippen LogP contribution in [-0.4, -0.2) is 22.7 Å². The van der Waals surface area contributed by atoms with Crippen LogP contribution in [0.2, 0.25) is 0 Å². The molecule has 0 atom stereocenters. The molecule has 0 fully saturated rings. The van der Waals surface area contributed by atoms with E-state index >= 15 is 0 Å². The predicted molar refractivity (Wildman–Crippen MR) is 108 cm³/mol. The Balaban J connectivity index is 1.83. The molecule has 5 rings (SSSR count). The number of Topliss-reactive ketones (excluding diaryl/α,β-unsaturated/α-hetero) is 1. The summed E-state index contributed by atoms with van der Waals surface area (Å²) in [6, 6.07) is 18.2. The normalized spacial score (nSPS) is 14.0. The lowest BCUT2D eigenvalue weighted by Gasteiger charge is -2.14. The number of hydrogen-bond acceptors (Lipinski definition) is 3. The van der Waals surface area contributed by atoms with Gasteiger partial charge >= 0.3 is 0 Å². The molecule has 1 aliphatic rings. The van der Waals surface area contributed by atoms with Gasteiger partial charge in [0.15, 0.2) is 5.78 Å². The molecule has 0 saturated heterocycles. The van der Waals surface area contributed by atoms with Crippen LogP contribution >= 0.6 is 0 Å². The molecular formula is C22H18N2O3S. The van der Waals surface area contributed by atoms with Gasteiger partial charge < -0.3 is 4.57 Å². The highest BCUT2D eigenvalue weighted by molar-refractivity contribution is 7.90. The Labute approximate surface area is 162 Å². The van der Waals surface area contributed by atoms with Crippen molar-refractivity contribution in [1.82, 2.24) is 8.54 Å². The average molecular weight is 390 g/mol. The van der Waals surface area contributed by atoms with Crippen LogP contribution < -0.4 is 0 Å². The van der Waals surface area contributed by atoms with Crippen molar-refractivity contribution in [3.63, 3.8) is 0 Å². The number of benzene rings is 2. The number of ketones is 1. The largest absolute Gasteiger partial charge is 0.351 e. The molecule has 0 bridgehead atoms. The number of carbonyl (C=O) groups excluding carboxylic acids is 1. The Hall–Kier alpha value is -3.12. The first-order valence-corrected chi connectivity index (χ1v) is 10.6. The molecule has 0 unspecified atom stereocenters. The molecule has 5 nitrogen and oxygen atoms in total. The summed E-state index contributed by atoms with van der Waals surface area (Å²) in [6.45, 7) is 0. The van der Waals surface area contributed by atoms with Crippen molar-refractivity contribution in [2.24, 2.45) is 7.05 Å². The Kier molecular flexibility index (Phi) is 3.61. The van der Waals surface area contributed by atoms with Gasteiger partial charge in [0.2, 0.25) is 0 Å². The summed E-state index contributed by atoms with van der Waals surface area (Å²) in [5.41, 5.74) is 3.25. The van der Waals surface area contributed by atoms with Crippen LogP contribution in [-0.2, 0) is 23.5 Å². The second-order valence-electron chi connectivity index (χ2n) is 7.06. The highest BCUT2D eigenvalue weighted by Gasteiger charge is 2.33. The first kappa shape index (κ1) is 17.0. The van der Waals surface area contributed by atoms with Crippen LogP contribution in [0.1, 0.15) is 22.5 Å². The zero-order chi connectivity index (χ0) is 19.5. The molecule has 0 saturated carbocycles. The predicted octanol–water partition coefficient (Wildman–Crippen LogP) is 4.01. The highest BCUT2D eigenvalue weighted by Crippen LogP contribution is 2.36. The molecule has 0 N–H and O–H groups in total. The summed E-state index contributed by atoms with van der Waals surface area (Å²) in [5.74, 6) is -0.000879. The molecule has 4 aromatic rings. The fourth-order valence-electron chi connectivity index (χ4n) is 4.06. The van der Waals surface area contributed by atoms with Crippen LogP contribution in [0.15, 0.2) is 71.8 Å². The molecule has 28 heavy (non-hydrogen) atoms. The SMILES string of the molecule is Cn1ccc2c(S(=O)(=O)n3c(-c4ccccc4)cc4c3CCC4=O)cccc21. The molecule has 0 amide bonds. The van der Waals surface area contributed by atoms with Crippen molar-refractivity contribution in [3.8, 4) is 11.3 Å². The summed E-state index contributed by atoms with van der Waals surface area (Å²) >= 11 is 0. The topological polar surface area (TPSA) is 61.1 Å². The fourth-order valence-corrected chi connectivity index (χ4v) is 5.85. The third-order valence-corrected chi connectivity index (χ3v) is 7.23. The van der Waals surface area contributed by atoms with Gasteiger partial charge in [-0.15, -0.1) is 0 Å². The number of carbonyl (C=O) groups is 1. The maximum absolute atomic E-state index is 13.8. The van der Waals surface area contributed by atoms with Gasteiger partial charge in [-0.05, 0) is 36.2 Å². The molecular weight excluding hydrogens is 372 g/mol. The molecule has 6 heteroatoms. The number of aryl methyl sites for hydroxylation is 1. The summed E-state index contributed by atoms with van der Waals surface area (Å²) in [4.78, 5) is 12.6. The molecule has 2 heterocycles. The highest BCUT2D eigenvalue weighted by atomic mass is 32.2. The lowest BCUT2D eigenvalue weighted by molar-refractivity contribution is 0.0994. The molecule has 2 aromatic heterocycles. The minimum Gasteiger partial charge on any atom is -0.351 e. The van der Waals surface area contributed by atoms with Gasteiger partial charge in [-0.25, -0.2) is 12.4 Å². The smallest absolute Gasteiger partial charge is 0.269 e.